The third-order valence-corrected chi connectivity index (χ3v) is 4.56. The number of amides is 2. The fourth-order valence-electron chi connectivity index (χ4n) is 3.05. The van der Waals surface area contributed by atoms with E-state index >= 15 is 0 Å². The van der Waals surface area contributed by atoms with E-state index in [1.807, 2.05) is 0 Å². The molecule has 0 bridgehead atoms. The van der Waals surface area contributed by atoms with Crippen LogP contribution >= 0.6 is 0 Å². The van der Waals surface area contributed by atoms with Crippen molar-refractivity contribution in [1.29, 1.82) is 0 Å². The van der Waals surface area contributed by atoms with Crippen molar-refractivity contribution in [3.8, 4) is 0 Å². The van der Waals surface area contributed by atoms with Crippen molar-refractivity contribution in [1.82, 2.24) is 5.32 Å². The summed E-state index contributed by atoms with van der Waals surface area (Å²) >= 11 is 0. The van der Waals surface area contributed by atoms with Gasteiger partial charge in [-0.05, 0) is 0 Å². The van der Waals surface area contributed by atoms with Crippen LogP contribution in [-0.4, -0.2) is 121 Å². The molecule has 152 valence electrons. The lowest BCUT2D eigenvalue weighted by Gasteiger charge is -2.46. The van der Waals surface area contributed by atoms with Crippen LogP contribution in [0.1, 0.15) is 0 Å². The summed E-state index contributed by atoms with van der Waals surface area (Å²) in [5.41, 5.74) is 4.97. The third-order valence-electron chi connectivity index (χ3n) is 4.56. The van der Waals surface area contributed by atoms with Crippen molar-refractivity contribution in [2.45, 2.75) is 67.3 Å². The van der Waals surface area contributed by atoms with Gasteiger partial charge in [0.25, 0.3) is 0 Å². The van der Waals surface area contributed by atoms with Crippen LogP contribution < -0.4 is 11.1 Å². The van der Waals surface area contributed by atoms with E-state index < -0.39 is 79.9 Å². The molecule has 1 heterocycles. The molecule has 2 unspecified atom stereocenters. The second-order valence-electron chi connectivity index (χ2n) is 6.29. The topological polar surface area (TPSA) is 235 Å². The minimum Gasteiger partial charge on any atom is -0.394 e. The molecular weight excluding hydrogens is 360 g/mol. The summed E-state index contributed by atoms with van der Waals surface area (Å²) in [5.74, 6) is 0. The maximum Gasteiger partial charge on any atom is 0.312 e. The molecule has 0 aromatic heterocycles. The van der Waals surface area contributed by atoms with Crippen LogP contribution in [0.2, 0.25) is 0 Å². The molecule has 26 heavy (non-hydrogen) atoms. The molecule has 2 rings (SSSR count). The number of ether oxygens (including phenoxy) is 2. The van der Waals surface area contributed by atoms with Gasteiger partial charge in [0.2, 0.25) is 0 Å². The van der Waals surface area contributed by atoms with Gasteiger partial charge in [-0.1, -0.05) is 0 Å². The molecule has 0 aromatic rings. The molecule has 0 spiro atoms. The summed E-state index contributed by atoms with van der Waals surface area (Å²) in [6.45, 7) is -0.732. The zero-order valence-corrected chi connectivity index (χ0v) is 13.4. The van der Waals surface area contributed by atoms with E-state index in [0.29, 0.717) is 0 Å². The molecular formula is C13H24N2O11. The Bertz CT molecular complexity index is 481. The second-order valence-corrected chi connectivity index (χ2v) is 6.29. The largest absolute Gasteiger partial charge is 0.394 e. The van der Waals surface area contributed by atoms with E-state index in [2.05, 4.69) is 5.32 Å². The minimum absolute atomic E-state index is 0.732. The van der Waals surface area contributed by atoms with Crippen LogP contribution in [0.15, 0.2) is 0 Å². The highest BCUT2D eigenvalue weighted by Gasteiger charge is 2.52. The molecule has 11 N–H and O–H groups in total. The molecule has 13 nitrogen and oxygen atoms in total. The normalized spacial score (nSPS) is 49.6. The number of rotatable bonds is 4. The van der Waals surface area contributed by atoms with Gasteiger partial charge in [0, 0.05) is 0 Å². The summed E-state index contributed by atoms with van der Waals surface area (Å²) < 4.78 is 10.4. The summed E-state index contributed by atoms with van der Waals surface area (Å²) in [6.07, 6.45) is -17.3. The Hall–Kier alpha value is -1.13. The standard InChI is InChI=1S/C13H24N2O11/c14-13(24)15-3-4(17)2(1-16)25-12(5(3)18)26-11-9(22)7(20)6(19)8(21)10(11)23/h2-12,16-23H,1H2,(H3,14,15,24)/t2-,3+,4-,5+,6?,7+,8+,9-,10+,11?,12-/m1/s1. The van der Waals surface area contributed by atoms with Crippen LogP contribution in [0, 0.1) is 0 Å². The van der Waals surface area contributed by atoms with Gasteiger partial charge in [0.05, 0.1) is 12.6 Å². The van der Waals surface area contributed by atoms with Gasteiger partial charge in [0.15, 0.2) is 6.29 Å². The maximum atomic E-state index is 11.0. The van der Waals surface area contributed by atoms with E-state index in [9.17, 15) is 45.6 Å². The number of hydrogen-bond acceptors (Lipinski definition) is 11. The van der Waals surface area contributed by atoms with Crippen LogP contribution in [-0.2, 0) is 9.47 Å². The number of primary amides is 1. The Kier molecular flexibility index (Phi) is 6.73. The first kappa shape index (κ1) is 21.2. The lowest BCUT2D eigenvalue weighted by atomic mass is 9.84. The number of nitrogens with two attached hydrogens (primary N) is 1. The molecule has 2 fully saturated rings. The smallest absolute Gasteiger partial charge is 0.312 e. The monoisotopic (exact) mass is 384 g/mol. The first-order chi connectivity index (χ1) is 12.1. The molecule has 2 aliphatic rings. The lowest BCUT2D eigenvalue weighted by Crippen LogP contribution is -2.69. The van der Waals surface area contributed by atoms with Crippen LogP contribution in [0.5, 0.6) is 0 Å². The quantitative estimate of drug-likeness (QED) is 0.219. The first-order valence-electron chi connectivity index (χ1n) is 7.84. The highest BCUT2D eigenvalue weighted by Crippen LogP contribution is 2.29. The van der Waals surface area contributed by atoms with Crippen molar-refractivity contribution < 1.29 is 55.1 Å². The zero-order valence-electron chi connectivity index (χ0n) is 13.4. The molecule has 1 aliphatic carbocycles. The highest BCUT2D eigenvalue weighted by molar-refractivity contribution is 5.72. The third kappa shape index (κ3) is 3.91. The Morgan fingerprint density at radius 1 is 0.885 bits per heavy atom. The predicted octanol–water partition coefficient (Wildman–Crippen LogP) is -6.33. The van der Waals surface area contributed by atoms with E-state index in [0.717, 1.165) is 0 Å². The SMILES string of the molecule is NC(=O)N[C@@H]1[C@H](O)[C@@H](OC2[C@@H](O)[C@@H](O)C(O)[C@H](O)[C@H]2O)O[C@H](CO)[C@H]1O. The van der Waals surface area contributed by atoms with Crippen LogP contribution in [0.4, 0.5) is 4.79 Å². The summed E-state index contributed by atoms with van der Waals surface area (Å²) in [5, 5.41) is 80.5. The number of aliphatic hydroxyl groups excluding tert-OH is 8. The van der Waals surface area contributed by atoms with Gasteiger partial charge in [-0.15, -0.1) is 0 Å². The first-order valence-corrected chi connectivity index (χ1v) is 7.84. The number of nitrogens with one attached hydrogen (secondary N) is 1. The Labute approximate surface area is 147 Å². The molecule has 1 saturated heterocycles. The minimum atomic E-state index is -1.86. The van der Waals surface area contributed by atoms with E-state index in [1.165, 1.54) is 0 Å². The van der Waals surface area contributed by atoms with Crippen molar-refractivity contribution >= 4 is 6.03 Å². The maximum absolute atomic E-state index is 11.0. The predicted molar refractivity (Wildman–Crippen MR) is 79.2 cm³/mol. The molecule has 0 aromatic carbocycles. The van der Waals surface area contributed by atoms with E-state index in [-0.39, 0.29) is 0 Å². The number of aliphatic hydroxyl groups is 8. The average molecular weight is 384 g/mol. The Balaban J connectivity index is 2.19. The summed E-state index contributed by atoms with van der Waals surface area (Å²) in [7, 11) is 0. The van der Waals surface area contributed by atoms with Gasteiger partial charge in [-0.25, -0.2) is 4.79 Å². The van der Waals surface area contributed by atoms with Crippen molar-refractivity contribution in [3.05, 3.63) is 0 Å². The average Bonchev–Trinajstić information content (AvgIpc) is 2.60. The lowest BCUT2D eigenvalue weighted by molar-refractivity contribution is -0.326. The van der Waals surface area contributed by atoms with E-state index in [1.54, 1.807) is 0 Å². The van der Waals surface area contributed by atoms with Gasteiger partial charge in [-0.3, -0.25) is 0 Å². The molecule has 1 aliphatic heterocycles. The van der Waals surface area contributed by atoms with Gasteiger partial charge >= 0.3 is 6.03 Å². The fourth-order valence-corrected chi connectivity index (χ4v) is 3.05. The van der Waals surface area contributed by atoms with Crippen molar-refractivity contribution in [2.75, 3.05) is 6.61 Å². The van der Waals surface area contributed by atoms with Gasteiger partial charge < -0.3 is 61.4 Å². The van der Waals surface area contributed by atoms with Gasteiger partial charge in [-0.2, -0.15) is 0 Å². The molecule has 0 radical (unpaired) electrons. The van der Waals surface area contributed by atoms with Crippen molar-refractivity contribution in [3.63, 3.8) is 0 Å². The Morgan fingerprint density at radius 2 is 1.38 bits per heavy atom. The molecule has 1 saturated carbocycles. The number of hydrogen-bond donors (Lipinski definition) is 10. The second kappa shape index (κ2) is 8.26. The summed E-state index contributed by atoms with van der Waals surface area (Å²) in [4.78, 5) is 11.0. The number of carbonyl (C=O) groups is 1. The molecule has 13 heteroatoms. The summed E-state index contributed by atoms with van der Waals surface area (Å²) in [6, 6.07) is -2.50. The van der Waals surface area contributed by atoms with Crippen molar-refractivity contribution in [2.24, 2.45) is 5.73 Å². The molecule has 11 atom stereocenters. The van der Waals surface area contributed by atoms with E-state index in [4.69, 9.17) is 15.2 Å². The van der Waals surface area contributed by atoms with Gasteiger partial charge in [0.1, 0.15) is 54.9 Å². The van der Waals surface area contributed by atoms with Crippen LogP contribution in [0.25, 0.3) is 0 Å². The fraction of sp³-hybridized carbons (Fsp3) is 0.923. The highest BCUT2D eigenvalue weighted by atomic mass is 16.7. The zero-order chi connectivity index (χ0) is 19.8. The Morgan fingerprint density at radius 3 is 1.85 bits per heavy atom. The van der Waals surface area contributed by atoms with Crippen LogP contribution in [0.3, 0.4) is 0 Å². The molecule has 2 amide bonds. The number of urea groups is 1. The number of carbonyl (C=O) groups excluding carboxylic acids is 1.